The Balaban J connectivity index is 2.84. The largest absolute Gasteiger partial charge is 0.496 e. The summed E-state index contributed by atoms with van der Waals surface area (Å²) in [7, 11) is 1.59. The number of para-hydroxylation sites is 1. The van der Waals surface area contributed by atoms with E-state index in [4.69, 9.17) is 9.47 Å². The summed E-state index contributed by atoms with van der Waals surface area (Å²) >= 11 is 0. The summed E-state index contributed by atoms with van der Waals surface area (Å²) in [5.41, 5.74) is 1.24. The highest BCUT2D eigenvalue weighted by atomic mass is 16.5. The standard InChI is InChI=1S/C13H16O3/c1-9(2)13(14)16-10(3)11-7-5-6-8-12(11)15-4/h5-8,10H,1H2,2-4H3/t10-/m0/s1. The number of carbonyl (C=O) groups is 1. The van der Waals surface area contributed by atoms with Gasteiger partial charge in [0.2, 0.25) is 0 Å². The maximum atomic E-state index is 11.4. The predicted molar refractivity (Wildman–Crippen MR) is 62.3 cm³/mol. The molecular formula is C13H16O3. The Kier molecular flexibility index (Phi) is 4.11. The van der Waals surface area contributed by atoms with Crippen molar-refractivity contribution in [2.75, 3.05) is 7.11 Å². The molecule has 0 bridgehead atoms. The van der Waals surface area contributed by atoms with Gasteiger partial charge in [-0.1, -0.05) is 24.8 Å². The second kappa shape index (κ2) is 5.35. The van der Waals surface area contributed by atoms with Gasteiger partial charge in [0.25, 0.3) is 0 Å². The van der Waals surface area contributed by atoms with Gasteiger partial charge in [-0.15, -0.1) is 0 Å². The van der Waals surface area contributed by atoms with Crippen molar-refractivity contribution in [3.8, 4) is 5.75 Å². The van der Waals surface area contributed by atoms with Crippen molar-refractivity contribution >= 4 is 5.97 Å². The fourth-order valence-corrected chi connectivity index (χ4v) is 1.33. The SMILES string of the molecule is C=C(C)C(=O)O[C@@H](C)c1ccccc1OC. The molecule has 1 aromatic carbocycles. The fraction of sp³-hybridized carbons (Fsp3) is 0.308. The number of esters is 1. The Morgan fingerprint density at radius 3 is 2.56 bits per heavy atom. The quantitative estimate of drug-likeness (QED) is 0.578. The summed E-state index contributed by atoms with van der Waals surface area (Å²) in [6.45, 7) is 6.97. The molecule has 1 rings (SSSR count). The molecule has 0 fully saturated rings. The van der Waals surface area contributed by atoms with Gasteiger partial charge in [-0.25, -0.2) is 4.79 Å². The summed E-state index contributed by atoms with van der Waals surface area (Å²) in [6.07, 6.45) is -0.347. The number of rotatable bonds is 4. The van der Waals surface area contributed by atoms with Gasteiger partial charge in [0.1, 0.15) is 11.9 Å². The molecule has 0 spiro atoms. The maximum absolute atomic E-state index is 11.4. The van der Waals surface area contributed by atoms with Gasteiger partial charge in [-0.05, 0) is 19.9 Å². The Morgan fingerprint density at radius 1 is 1.38 bits per heavy atom. The summed E-state index contributed by atoms with van der Waals surface area (Å²) in [4.78, 5) is 11.4. The lowest BCUT2D eigenvalue weighted by atomic mass is 10.1. The highest BCUT2D eigenvalue weighted by Gasteiger charge is 2.15. The van der Waals surface area contributed by atoms with Gasteiger partial charge in [0.05, 0.1) is 7.11 Å². The van der Waals surface area contributed by atoms with Crippen LogP contribution in [0.1, 0.15) is 25.5 Å². The summed E-state index contributed by atoms with van der Waals surface area (Å²) in [6, 6.07) is 7.45. The molecule has 1 atom stereocenters. The molecule has 86 valence electrons. The van der Waals surface area contributed by atoms with Gasteiger partial charge in [-0.3, -0.25) is 0 Å². The second-order valence-electron chi connectivity index (χ2n) is 3.57. The van der Waals surface area contributed by atoms with Crippen LogP contribution in [0.15, 0.2) is 36.4 Å². The lowest BCUT2D eigenvalue weighted by Crippen LogP contribution is -2.10. The normalized spacial score (nSPS) is 11.7. The van der Waals surface area contributed by atoms with Crippen molar-refractivity contribution in [1.29, 1.82) is 0 Å². The minimum absolute atomic E-state index is 0.347. The van der Waals surface area contributed by atoms with Gasteiger partial charge in [0, 0.05) is 11.1 Å². The minimum Gasteiger partial charge on any atom is -0.496 e. The van der Waals surface area contributed by atoms with Gasteiger partial charge < -0.3 is 9.47 Å². The molecule has 0 unspecified atom stereocenters. The van der Waals surface area contributed by atoms with Crippen LogP contribution >= 0.6 is 0 Å². The van der Waals surface area contributed by atoms with Gasteiger partial charge >= 0.3 is 5.97 Å². The first-order chi connectivity index (χ1) is 7.56. The van der Waals surface area contributed by atoms with Gasteiger partial charge in [0.15, 0.2) is 0 Å². The molecule has 3 nitrogen and oxygen atoms in total. The molecule has 16 heavy (non-hydrogen) atoms. The highest BCUT2D eigenvalue weighted by Crippen LogP contribution is 2.27. The lowest BCUT2D eigenvalue weighted by Gasteiger charge is -2.16. The van der Waals surface area contributed by atoms with Crippen molar-refractivity contribution < 1.29 is 14.3 Å². The number of methoxy groups -OCH3 is 1. The van der Waals surface area contributed by atoms with E-state index < -0.39 is 5.97 Å². The van der Waals surface area contributed by atoms with Crippen LogP contribution in [0, 0.1) is 0 Å². The zero-order valence-corrected chi connectivity index (χ0v) is 9.82. The molecule has 0 aliphatic rings. The predicted octanol–water partition coefficient (Wildman–Crippen LogP) is 2.88. The topological polar surface area (TPSA) is 35.5 Å². The van der Waals surface area contributed by atoms with E-state index in [0.717, 1.165) is 5.56 Å². The van der Waals surface area contributed by atoms with Crippen molar-refractivity contribution in [3.63, 3.8) is 0 Å². The fourth-order valence-electron chi connectivity index (χ4n) is 1.33. The van der Waals surface area contributed by atoms with E-state index in [1.54, 1.807) is 21.0 Å². The molecule has 0 amide bonds. The summed E-state index contributed by atoms with van der Waals surface area (Å²) in [5.74, 6) is 0.322. The molecular weight excluding hydrogens is 204 g/mol. The van der Waals surface area contributed by atoms with E-state index in [1.165, 1.54) is 0 Å². The van der Waals surface area contributed by atoms with Crippen LogP contribution in [0.2, 0.25) is 0 Å². The number of ether oxygens (including phenoxy) is 2. The van der Waals surface area contributed by atoms with E-state index in [2.05, 4.69) is 6.58 Å². The Labute approximate surface area is 95.7 Å². The number of hydrogen-bond donors (Lipinski definition) is 0. The van der Waals surface area contributed by atoms with Crippen molar-refractivity contribution in [2.45, 2.75) is 20.0 Å². The smallest absolute Gasteiger partial charge is 0.333 e. The van der Waals surface area contributed by atoms with Crippen molar-refractivity contribution in [3.05, 3.63) is 42.0 Å². The zero-order chi connectivity index (χ0) is 12.1. The Bertz CT molecular complexity index is 396. The molecule has 0 N–H and O–H groups in total. The van der Waals surface area contributed by atoms with Crippen LogP contribution in [-0.2, 0) is 9.53 Å². The monoisotopic (exact) mass is 220 g/mol. The van der Waals surface area contributed by atoms with Crippen LogP contribution in [0.5, 0.6) is 5.75 Å². The van der Waals surface area contributed by atoms with Crippen molar-refractivity contribution in [1.82, 2.24) is 0 Å². The van der Waals surface area contributed by atoms with Crippen LogP contribution < -0.4 is 4.74 Å². The van der Waals surface area contributed by atoms with Crippen LogP contribution in [0.3, 0.4) is 0 Å². The average Bonchev–Trinajstić information content (AvgIpc) is 2.28. The molecule has 3 heteroatoms. The first-order valence-corrected chi connectivity index (χ1v) is 5.05. The molecule has 0 aliphatic carbocycles. The summed E-state index contributed by atoms with van der Waals surface area (Å²) < 4.78 is 10.4. The van der Waals surface area contributed by atoms with E-state index >= 15 is 0 Å². The third kappa shape index (κ3) is 2.86. The van der Waals surface area contributed by atoms with Crippen molar-refractivity contribution in [2.24, 2.45) is 0 Å². The van der Waals surface area contributed by atoms with E-state index in [-0.39, 0.29) is 6.10 Å². The minimum atomic E-state index is -0.390. The molecule has 1 aromatic rings. The number of carbonyl (C=O) groups excluding carboxylic acids is 1. The molecule has 0 saturated heterocycles. The highest BCUT2D eigenvalue weighted by molar-refractivity contribution is 5.87. The van der Waals surface area contributed by atoms with Crippen LogP contribution in [-0.4, -0.2) is 13.1 Å². The van der Waals surface area contributed by atoms with E-state index in [0.29, 0.717) is 11.3 Å². The number of hydrogen-bond acceptors (Lipinski definition) is 3. The van der Waals surface area contributed by atoms with E-state index in [1.807, 2.05) is 24.3 Å². The molecule has 0 radical (unpaired) electrons. The third-order valence-electron chi connectivity index (χ3n) is 2.21. The number of benzene rings is 1. The molecule has 0 aliphatic heterocycles. The average molecular weight is 220 g/mol. The first-order valence-electron chi connectivity index (χ1n) is 5.05. The molecule has 0 heterocycles. The second-order valence-corrected chi connectivity index (χ2v) is 3.57. The van der Waals surface area contributed by atoms with Crippen LogP contribution in [0.4, 0.5) is 0 Å². The molecule has 0 aromatic heterocycles. The van der Waals surface area contributed by atoms with E-state index in [9.17, 15) is 4.79 Å². The Morgan fingerprint density at radius 2 is 2.00 bits per heavy atom. The summed E-state index contributed by atoms with van der Waals surface area (Å²) in [5, 5.41) is 0. The maximum Gasteiger partial charge on any atom is 0.333 e. The van der Waals surface area contributed by atoms with Crippen LogP contribution in [0.25, 0.3) is 0 Å². The zero-order valence-electron chi connectivity index (χ0n) is 9.82. The van der Waals surface area contributed by atoms with Gasteiger partial charge in [-0.2, -0.15) is 0 Å². The third-order valence-corrected chi connectivity index (χ3v) is 2.21. The Hall–Kier alpha value is -1.77. The first kappa shape index (κ1) is 12.3. The molecule has 0 saturated carbocycles. The lowest BCUT2D eigenvalue weighted by molar-refractivity contribution is -0.143.